The molecule has 0 unspecified atom stereocenters. The van der Waals surface area contributed by atoms with Crippen molar-refractivity contribution in [2.75, 3.05) is 7.05 Å². The van der Waals surface area contributed by atoms with Crippen LogP contribution in [0.25, 0.3) is 0 Å². The Morgan fingerprint density at radius 3 is 2.71 bits per heavy atom. The van der Waals surface area contributed by atoms with Crippen LogP contribution in [-0.4, -0.2) is 26.4 Å². The van der Waals surface area contributed by atoms with Crippen LogP contribution < -0.4 is 5.32 Å². The Labute approximate surface area is 101 Å². The first-order valence-corrected chi connectivity index (χ1v) is 5.76. The van der Waals surface area contributed by atoms with Crippen molar-refractivity contribution < 1.29 is 0 Å². The van der Waals surface area contributed by atoms with E-state index >= 15 is 0 Å². The molecule has 0 aliphatic heterocycles. The molecule has 92 valence electrons. The minimum Gasteiger partial charge on any atom is -0.336 e. The van der Waals surface area contributed by atoms with E-state index in [-0.39, 0.29) is 0 Å². The Kier molecular flexibility index (Phi) is 3.28. The number of hydrogen-bond acceptors (Lipinski definition) is 3. The van der Waals surface area contributed by atoms with E-state index in [1.54, 1.807) is 0 Å². The summed E-state index contributed by atoms with van der Waals surface area (Å²) in [6.45, 7) is 5.80. The topological polar surface area (TPSA) is 47.7 Å². The van der Waals surface area contributed by atoms with Gasteiger partial charge in [-0.15, -0.1) is 0 Å². The van der Waals surface area contributed by atoms with Gasteiger partial charge in [-0.05, 0) is 20.9 Å². The lowest BCUT2D eigenvalue weighted by Gasteiger charge is -2.06. The van der Waals surface area contributed by atoms with Crippen molar-refractivity contribution >= 4 is 0 Å². The van der Waals surface area contributed by atoms with Crippen LogP contribution in [0.15, 0.2) is 12.5 Å². The number of imidazole rings is 1. The molecule has 0 amide bonds. The van der Waals surface area contributed by atoms with E-state index in [1.807, 2.05) is 35.9 Å². The molecule has 5 nitrogen and oxygen atoms in total. The molecule has 0 radical (unpaired) electrons. The monoisotopic (exact) mass is 233 g/mol. The summed E-state index contributed by atoms with van der Waals surface area (Å²) in [4.78, 5) is 4.12. The van der Waals surface area contributed by atoms with Gasteiger partial charge in [-0.2, -0.15) is 5.10 Å². The fraction of sp³-hybridized carbons (Fsp3) is 0.500. The lowest BCUT2D eigenvalue weighted by molar-refractivity contribution is 0.625. The highest BCUT2D eigenvalue weighted by atomic mass is 15.3. The van der Waals surface area contributed by atoms with Gasteiger partial charge in [0.25, 0.3) is 0 Å². The highest BCUT2D eigenvalue weighted by Gasteiger charge is 2.11. The summed E-state index contributed by atoms with van der Waals surface area (Å²) in [7, 11) is 3.96. The van der Waals surface area contributed by atoms with Gasteiger partial charge in [0.05, 0.1) is 30.5 Å². The zero-order chi connectivity index (χ0) is 12.4. The quantitative estimate of drug-likeness (QED) is 0.857. The Morgan fingerprint density at radius 2 is 2.12 bits per heavy atom. The average Bonchev–Trinajstić information content (AvgIpc) is 2.79. The lowest BCUT2D eigenvalue weighted by Crippen LogP contribution is -2.09. The van der Waals surface area contributed by atoms with Crippen LogP contribution in [0.1, 0.15) is 22.6 Å². The van der Waals surface area contributed by atoms with Gasteiger partial charge >= 0.3 is 0 Å². The van der Waals surface area contributed by atoms with Gasteiger partial charge < -0.3 is 9.88 Å². The molecule has 0 atom stereocenters. The second-order valence-electron chi connectivity index (χ2n) is 4.33. The molecule has 0 bridgehead atoms. The fourth-order valence-electron chi connectivity index (χ4n) is 2.01. The third-order valence-electron chi connectivity index (χ3n) is 3.11. The van der Waals surface area contributed by atoms with Gasteiger partial charge in [0.1, 0.15) is 0 Å². The SMILES string of the molecule is CNCc1c(C)nn(Cc2cncn2C)c1C. The van der Waals surface area contributed by atoms with E-state index in [0.29, 0.717) is 0 Å². The van der Waals surface area contributed by atoms with Gasteiger partial charge in [0.15, 0.2) is 0 Å². The average molecular weight is 233 g/mol. The van der Waals surface area contributed by atoms with Crippen LogP contribution >= 0.6 is 0 Å². The maximum Gasteiger partial charge on any atom is 0.0946 e. The molecule has 0 aliphatic carbocycles. The van der Waals surface area contributed by atoms with Crippen molar-refractivity contribution in [3.63, 3.8) is 0 Å². The van der Waals surface area contributed by atoms with E-state index in [4.69, 9.17) is 0 Å². The minimum absolute atomic E-state index is 0.771. The molecule has 0 spiro atoms. The van der Waals surface area contributed by atoms with Crippen LogP contribution in [0.3, 0.4) is 0 Å². The van der Waals surface area contributed by atoms with Crippen molar-refractivity contribution in [2.24, 2.45) is 7.05 Å². The molecule has 1 N–H and O–H groups in total. The predicted molar refractivity (Wildman–Crippen MR) is 66.8 cm³/mol. The highest BCUT2D eigenvalue weighted by Crippen LogP contribution is 2.14. The summed E-state index contributed by atoms with van der Waals surface area (Å²) < 4.78 is 4.06. The van der Waals surface area contributed by atoms with E-state index in [0.717, 1.165) is 24.5 Å². The molecule has 0 saturated carbocycles. The molecule has 0 fully saturated rings. The second kappa shape index (κ2) is 4.71. The van der Waals surface area contributed by atoms with Gasteiger partial charge in [0, 0.05) is 24.8 Å². The molecular formula is C12H19N5. The molecule has 0 saturated heterocycles. The first kappa shape index (κ1) is 11.9. The number of nitrogens with one attached hydrogen (secondary N) is 1. The number of hydrogen-bond donors (Lipinski definition) is 1. The van der Waals surface area contributed by atoms with Crippen molar-refractivity contribution in [3.05, 3.63) is 35.2 Å². The van der Waals surface area contributed by atoms with Crippen LogP contribution in [0.5, 0.6) is 0 Å². The van der Waals surface area contributed by atoms with Crippen LogP contribution in [0.2, 0.25) is 0 Å². The third kappa shape index (κ3) is 2.24. The van der Waals surface area contributed by atoms with Gasteiger partial charge in [-0.25, -0.2) is 4.98 Å². The molecule has 2 heterocycles. The Balaban J connectivity index is 2.28. The number of aryl methyl sites for hydroxylation is 2. The maximum absolute atomic E-state index is 4.58. The molecule has 2 aromatic rings. The van der Waals surface area contributed by atoms with Gasteiger partial charge in [-0.3, -0.25) is 4.68 Å². The molecule has 0 aromatic carbocycles. The van der Waals surface area contributed by atoms with Crippen molar-refractivity contribution in [3.8, 4) is 0 Å². The summed E-state index contributed by atoms with van der Waals surface area (Å²) in [6, 6.07) is 0. The summed E-state index contributed by atoms with van der Waals surface area (Å²) in [5.74, 6) is 0. The molecule has 17 heavy (non-hydrogen) atoms. The van der Waals surface area contributed by atoms with E-state index in [2.05, 4.69) is 29.2 Å². The molecule has 5 heteroatoms. The van der Waals surface area contributed by atoms with Gasteiger partial charge in [-0.1, -0.05) is 0 Å². The Hall–Kier alpha value is -1.62. The van der Waals surface area contributed by atoms with Crippen LogP contribution in [0, 0.1) is 13.8 Å². The number of rotatable bonds is 4. The first-order chi connectivity index (χ1) is 8.13. The summed E-state index contributed by atoms with van der Waals surface area (Å²) in [5, 5.41) is 7.76. The van der Waals surface area contributed by atoms with Crippen molar-refractivity contribution in [1.82, 2.24) is 24.6 Å². The van der Waals surface area contributed by atoms with E-state index < -0.39 is 0 Å². The molecule has 2 rings (SSSR count). The summed E-state index contributed by atoms with van der Waals surface area (Å²) >= 11 is 0. The van der Waals surface area contributed by atoms with Crippen LogP contribution in [0.4, 0.5) is 0 Å². The van der Waals surface area contributed by atoms with Crippen molar-refractivity contribution in [1.29, 1.82) is 0 Å². The lowest BCUT2D eigenvalue weighted by atomic mass is 10.2. The zero-order valence-electron chi connectivity index (χ0n) is 10.9. The first-order valence-electron chi connectivity index (χ1n) is 5.76. The van der Waals surface area contributed by atoms with Crippen LogP contribution in [-0.2, 0) is 20.1 Å². The zero-order valence-corrected chi connectivity index (χ0v) is 10.9. The standard InChI is InChI=1S/C12H19N5/c1-9-12(6-13-3)10(2)17(15-9)7-11-5-14-8-16(11)4/h5,8,13H,6-7H2,1-4H3. The van der Waals surface area contributed by atoms with E-state index in [9.17, 15) is 0 Å². The molecule has 0 aliphatic rings. The summed E-state index contributed by atoms with van der Waals surface area (Å²) in [6.07, 6.45) is 3.70. The fourth-order valence-corrected chi connectivity index (χ4v) is 2.01. The molecule has 2 aromatic heterocycles. The largest absolute Gasteiger partial charge is 0.336 e. The Morgan fingerprint density at radius 1 is 1.35 bits per heavy atom. The van der Waals surface area contributed by atoms with E-state index in [1.165, 1.54) is 11.3 Å². The summed E-state index contributed by atoms with van der Waals surface area (Å²) in [5.41, 5.74) is 4.76. The number of nitrogens with zero attached hydrogens (tertiary/aromatic N) is 4. The normalized spacial score (nSPS) is 11.1. The van der Waals surface area contributed by atoms with Gasteiger partial charge in [0.2, 0.25) is 0 Å². The smallest absolute Gasteiger partial charge is 0.0946 e. The Bertz CT molecular complexity index is 509. The second-order valence-corrected chi connectivity index (χ2v) is 4.33. The third-order valence-corrected chi connectivity index (χ3v) is 3.11. The minimum atomic E-state index is 0.771. The molecular weight excluding hydrogens is 214 g/mol. The predicted octanol–water partition coefficient (Wildman–Crippen LogP) is 1.00. The number of aromatic nitrogens is 4. The maximum atomic E-state index is 4.58. The highest BCUT2D eigenvalue weighted by molar-refractivity contribution is 5.24. The van der Waals surface area contributed by atoms with Crippen molar-refractivity contribution in [2.45, 2.75) is 26.9 Å².